The molecule has 0 amide bonds. The molecule has 0 fully saturated rings. The van der Waals surface area contributed by atoms with Crippen LogP contribution in [0.25, 0.3) is 0 Å². The third-order valence-electron chi connectivity index (χ3n) is 10.8. The van der Waals surface area contributed by atoms with Crippen LogP contribution >= 0.6 is 0 Å². The first kappa shape index (κ1) is 47.3. The zero-order valence-electron chi connectivity index (χ0n) is 34.3. The first-order valence-corrected chi connectivity index (χ1v) is 22.4. The molecule has 0 radical (unpaired) electrons. The Labute approximate surface area is 317 Å². The highest BCUT2D eigenvalue weighted by Gasteiger charge is 2.10. The number of rotatable bonds is 0. The van der Waals surface area contributed by atoms with Crippen LogP contribution in [0.2, 0.25) is 0 Å². The van der Waals surface area contributed by atoms with E-state index < -0.39 is 0 Å². The van der Waals surface area contributed by atoms with Gasteiger partial charge in [0, 0.05) is 38.5 Å². The molecule has 51 heavy (non-hydrogen) atoms. The van der Waals surface area contributed by atoms with Crippen LogP contribution < -0.4 is 0 Å². The number of ketones is 3. The van der Waals surface area contributed by atoms with Gasteiger partial charge in [0.2, 0.25) is 0 Å². The lowest BCUT2D eigenvalue weighted by atomic mass is 9.97. The van der Waals surface area contributed by atoms with Crippen LogP contribution in [0.15, 0.2) is 36.5 Å². The van der Waals surface area contributed by atoms with Gasteiger partial charge < -0.3 is 0 Å². The molecule has 3 nitrogen and oxygen atoms in total. The summed E-state index contributed by atoms with van der Waals surface area (Å²) in [7, 11) is 0. The van der Waals surface area contributed by atoms with Gasteiger partial charge in [-0.2, -0.15) is 0 Å². The molecule has 3 atom stereocenters. The van der Waals surface area contributed by atoms with Crippen LogP contribution in [0.4, 0.5) is 0 Å². The highest BCUT2D eigenvalue weighted by Crippen LogP contribution is 2.18. The first-order valence-electron chi connectivity index (χ1n) is 22.4. The molecule has 0 spiro atoms. The predicted octanol–water partition coefficient (Wildman–Crippen LogP) is 15.2. The molecule has 0 heterocycles. The molecule has 0 aromatic heterocycles. The molecule has 0 saturated carbocycles. The highest BCUT2D eigenvalue weighted by molar-refractivity contribution is 5.79. The molecular weight excluding hydrogens is 625 g/mol. The highest BCUT2D eigenvalue weighted by atomic mass is 16.1. The summed E-state index contributed by atoms with van der Waals surface area (Å²) in [6.07, 6.45) is 52.9. The van der Waals surface area contributed by atoms with Crippen molar-refractivity contribution in [1.29, 1.82) is 0 Å². The summed E-state index contributed by atoms with van der Waals surface area (Å²) in [5.41, 5.74) is 0. The van der Waals surface area contributed by atoms with E-state index in [2.05, 4.69) is 57.2 Å². The summed E-state index contributed by atoms with van der Waals surface area (Å²) in [5, 5.41) is 0. The van der Waals surface area contributed by atoms with Crippen LogP contribution in [0.3, 0.4) is 0 Å². The van der Waals surface area contributed by atoms with Crippen LogP contribution in [-0.4, -0.2) is 17.3 Å². The molecule has 3 unspecified atom stereocenters. The maximum atomic E-state index is 11.7. The number of hydrogen-bond donors (Lipinski definition) is 0. The van der Waals surface area contributed by atoms with Crippen molar-refractivity contribution in [3.05, 3.63) is 36.5 Å². The van der Waals surface area contributed by atoms with E-state index in [1.165, 1.54) is 141 Å². The Morgan fingerprint density at radius 3 is 1.02 bits per heavy atom. The second-order valence-corrected chi connectivity index (χ2v) is 16.7. The second-order valence-electron chi connectivity index (χ2n) is 16.7. The number of carbonyl (C=O) groups is 3. The first-order chi connectivity index (χ1) is 24.9. The molecule has 0 aromatic carbocycles. The minimum Gasteiger partial charge on any atom is -0.300 e. The van der Waals surface area contributed by atoms with Crippen LogP contribution in [0.1, 0.15) is 233 Å². The number of Topliss-reactive ketones (excluding diaryl/α,β-unsaturated/α-hetero) is 3. The molecule has 3 aliphatic rings. The van der Waals surface area contributed by atoms with Crippen LogP contribution in [-0.2, 0) is 14.4 Å². The predicted molar refractivity (Wildman–Crippen MR) is 222 cm³/mol. The third-order valence-corrected chi connectivity index (χ3v) is 10.8. The molecule has 0 aromatic rings. The van der Waals surface area contributed by atoms with Crippen molar-refractivity contribution in [3.8, 4) is 0 Å². The average molecular weight is 709 g/mol. The smallest absolute Gasteiger partial charge is 0.133 e. The number of hydrogen-bond acceptors (Lipinski definition) is 3. The Bertz CT molecular complexity index is 877. The van der Waals surface area contributed by atoms with Crippen molar-refractivity contribution in [1.82, 2.24) is 0 Å². The lowest BCUT2D eigenvalue weighted by molar-refractivity contribution is -0.120. The molecular formula is C48H84O3. The van der Waals surface area contributed by atoms with E-state index in [9.17, 15) is 14.4 Å². The van der Waals surface area contributed by atoms with Gasteiger partial charge in [-0.25, -0.2) is 0 Å². The standard InChI is InChI=1S/3C16H28O/c3*1-15-12-10-8-6-4-2-3-5-7-9-11-13-16(17)14-15/h10,12,15H,2-9,11,13-14H2,1H3;2*8,10,15H,2-7,9,11-14H2,1H3/b12-10+;10-8+;10-8-. The summed E-state index contributed by atoms with van der Waals surface area (Å²) < 4.78 is 0. The van der Waals surface area contributed by atoms with Crippen molar-refractivity contribution in [2.45, 2.75) is 233 Å². The van der Waals surface area contributed by atoms with Crippen molar-refractivity contribution in [2.24, 2.45) is 17.8 Å². The quantitative estimate of drug-likeness (QED) is 0.235. The summed E-state index contributed by atoms with van der Waals surface area (Å²) in [4.78, 5) is 35.1. The van der Waals surface area contributed by atoms with Gasteiger partial charge in [0.15, 0.2) is 0 Å². The Kier molecular flexibility index (Phi) is 32.7. The van der Waals surface area contributed by atoms with Gasteiger partial charge in [0.25, 0.3) is 0 Å². The number of carbonyl (C=O) groups excluding carboxylic acids is 3. The number of allylic oxidation sites excluding steroid dienone is 6. The van der Waals surface area contributed by atoms with Crippen molar-refractivity contribution >= 4 is 17.3 Å². The fraction of sp³-hybridized carbons (Fsp3) is 0.812. The van der Waals surface area contributed by atoms with E-state index in [4.69, 9.17) is 0 Å². The Balaban J connectivity index is 0.000000382. The summed E-state index contributed by atoms with van der Waals surface area (Å²) in [6.45, 7) is 6.55. The van der Waals surface area contributed by atoms with E-state index in [1.807, 2.05) is 0 Å². The molecule has 3 aliphatic carbocycles. The topological polar surface area (TPSA) is 51.2 Å². The SMILES string of the molecule is CC1/C=C/CCCCCCCCCCC(=O)C1.CC1C/C=C/CCCCCCCCCC(=O)C1.CC1C/C=C\CCCCCCCCCC(=O)C1. The minimum absolute atomic E-state index is 0.438. The van der Waals surface area contributed by atoms with Gasteiger partial charge in [-0.3, -0.25) is 14.4 Å². The zero-order chi connectivity index (χ0) is 37.0. The van der Waals surface area contributed by atoms with E-state index in [1.54, 1.807) is 0 Å². The van der Waals surface area contributed by atoms with E-state index in [-0.39, 0.29) is 0 Å². The summed E-state index contributed by atoms with van der Waals surface area (Å²) >= 11 is 0. The molecule has 0 bridgehead atoms. The van der Waals surface area contributed by atoms with E-state index in [0.29, 0.717) is 35.1 Å². The van der Waals surface area contributed by atoms with E-state index in [0.717, 1.165) is 70.6 Å². The molecule has 0 N–H and O–H groups in total. The molecule has 3 heteroatoms. The maximum Gasteiger partial charge on any atom is 0.133 e. The normalized spacial score (nSPS) is 28.1. The molecule has 294 valence electrons. The van der Waals surface area contributed by atoms with Crippen LogP contribution in [0, 0.1) is 17.8 Å². The van der Waals surface area contributed by atoms with Gasteiger partial charge in [-0.1, -0.05) is 160 Å². The van der Waals surface area contributed by atoms with Crippen molar-refractivity contribution in [2.75, 3.05) is 0 Å². The second kappa shape index (κ2) is 35.3. The third kappa shape index (κ3) is 33.8. The average Bonchev–Trinajstić information content (AvgIpc) is 3.11. The lowest BCUT2D eigenvalue weighted by Gasteiger charge is -2.07. The van der Waals surface area contributed by atoms with Crippen LogP contribution in [0.5, 0.6) is 0 Å². The zero-order valence-corrected chi connectivity index (χ0v) is 34.3. The van der Waals surface area contributed by atoms with Gasteiger partial charge in [-0.05, 0) is 88.4 Å². The lowest BCUT2D eigenvalue weighted by Crippen LogP contribution is -2.04. The van der Waals surface area contributed by atoms with Gasteiger partial charge >= 0.3 is 0 Å². The fourth-order valence-corrected chi connectivity index (χ4v) is 7.48. The molecule has 0 aliphatic heterocycles. The van der Waals surface area contributed by atoms with Crippen molar-refractivity contribution in [3.63, 3.8) is 0 Å². The summed E-state index contributed by atoms with van der Waals surface area (Å²) in [5.74, 6) is 2.90. The minimum atomic E-state index is 0.438. The van der Waals surface area contributed by atoms with Gasteiger partial charge in [0.05, 0.1) is 0 Å². The van der Waals surface area contributed by atoms with Crippen molar-refractivity contribution < 1.29 is 14.4 Å². The summed E-state index contributed by atoms with van der Waals surface area (Å²) in [6, 6.07) is 0. The Hall–Kier alpha value is -1.77. The molecule has 0 saturated heterocycles. The largest absolute Gasteiger partial charge is 0.300 e. The maximum absolute atomic E-state index is 11.7. The van der Waals surface area contributed by atoms with Gasteiger partial charge in [-0.15, -0.1) is 0 Å². The monoisotopic (exact) mass is 709 g/mol. The molecule has 3 rings (SSSR count). The fourth-order valence-electron chi connectivity index (χ4n) is 7.48. The Morgan fingerprint density at radius 2 is 0.647 bits per heavy atom. The van der Waals surface area contributed by atoms with E-state index >= 15 is 0 Å². The Morgan fingerprint density at radius 1 is 0.353 bits per heavy atom. The van der Waals surface area contributed by atoms with Gasteiger partial charge in [0.1, 0.15) is 17.3 Å².